The van der Waals surface area contributed by atoms with Crippen LogP contribution >= 0.6 is 11.6 Å². The zero-order valence-electron chi connectivity index (χ0n) is 10.6. The molecule has 104 valence electrons. The Hall–Kier alpha value is -1.94. The second-order valence-corrected chi connectivity index (χ2v) is 4.95. The molecule has 1 unspecified atom stereocenters. The fraction of sp³-hybridized carbons (Fsp3) is 0.200. The minimum absolute atomic E-state index is 0.241. The van der Waals surface area contributed by atoms with E-state index in [9.17, 15) is 14.5 Å². The van der Waals surface area contributed by atoms with Gasteiger partial charge in [0.2, 0.25) is 5.82 Å². The van der Waals surface area contributed by atoms with Gasteiger partial charge in [-0.3, -0.25) is 10.1 Å². The van der Waals surface area contributed by atoms with Crippen molar-refractivity contribution < 1.29 is 9.31 Å². The van der Waals surface area contributed by atoms with Gasteiger partial charge in [-0.2, -0.15) is 4.39 Å². The van der Waals surface area contributed by atoms with Crippen LogP contribution in [-0.2, 0) is 6.42 Å². The molecule has 0 heterocycles. The summed E-state index contributed by atoms with van der Waals surface area (Å²) < 4.78 is 13.9. The van der Waals surface area contributed by atoms with E-state index in [1.165, 1.54) is 6.07 Å². The van der Waals surface area contributed by atoms with Gasteiger partial charge in [-0.1, -0.05) is 42.5 Å². The molecule has 2 aromatic carbocycles. The molecule has 0 spiro atoms. The van der Waals surface area contributed by atoms with Crippen molar-refractivity contribution in [3.05, 3.63) is 75.6 Å². The number of hydrogen-bond acceptors (Lipinski definition) is 2. The first-order valence-corrected chi connectivity index (χ1v) is 6.64. The number of rotatable bonds is 5. The van der Waals surface area contributed by atoms with Crippen molar-refractivity contribution in [3.63, 3.8) is 0 Å². The van der Waals surface area contributed by atoms with Gasteiger partial charge in [-0.05, 0) is 24.0 Å². The van der Waals surface area contributed by atoms with Crippen molar-refractivity contribution in [2.75, 3.05) is 0 Å². The standard InChI is InChI=1S/C15H13ClFNO2/c16-13(11-5-2-1-3-6-11)10-9-12-7-4-8-14(15(12)17)18(19)20/h1-8,13H,9-10H2. The Labute approximate surface area is 121 Å². The van der Waals surface area contributed by atoms with Gasteiger partial charge in [0.25, 0.3) is 0 Å². The number of hydrogen-bond donors (Lipinski definition) is 0. The van der Waals surface area contributed by atoms with Gasteiger partial charge >= 0.3 is 5.69 Å². The largest absolute Gasteiger partial charge is 0.305 e. The number of aryl methyl sites for hydroxylation is 1. The molecular formula is C15H13ClFNO2. The number of benzene rings is 2. The molecule has 0 saturated carbocycles. The Kier molecular flexibility index (Phi) is 4.69. The monoisotopic (exact) mass is 293 g/mol. The second-order valence-electron chi connectivity index (χ2n) is 4.42. The van der Waals surface area contributed by atoms with E-state index in [0.29, 0.717) is 18.4 Å². The smallest absolute Gasteiger partial charge is 0.258 e. The molecule has 0 radical (unpaired) electrons. The van der Waals surface area contributed by atoms with Gasteiger partial charge in [0.15, 0.2) is 0 Å². The maximum absolute atomic E-state index is 13.9. The first-order chi connectivity index (χ1) is 9.59. The quantitative estimate of drug-likeness (QED) is 0.457. The maximum Gasteiger partial charge on any atom is 0.305 e. The van der Waals surface area contributed by atoms with Gasteiger partial charge in [0.05, 0.1) is 10.3 Å². The molecule has 0 aromatic heterocycles. The Morgan fingerprint density at radius 2 is 1.85 bits per heavy atom. The van der Waals surface area contributed by atoms with Crippen LogP contribution in [0.2, 0.25) is 0 Å². The molecule has 0 N–H and O–H groups in total. The van der Waals surface area contributed by atoms with Crippen molar-refractivity contribution in [1.82, 2.24) is 0 Å². The average molecular weight is 294 g/mol. The Bertz CT molecular complexity index is 604. The molecule has 0 aliphatic heterocycles. The third kappa shape index (κ3) is 3.33. The highest BCUT2D eigenvalue weighted by Gasteiger charge is 2.18. The predicted octanol–water partition coefficient (Wildman–Crippen LogP) is 4.65. The van der Waals surface area contributed by atoms with Crippen LogP contribution in [-0.4, -0.2) is 4.92 Å². The summed E-state index contributed by atoms with van der Waals surface area (Å²) in [4.78, 5) is 9.96. The van der Waals surface area contributed by atoms with Crippen molar-refractivity contribution >= 4 is 17.3 Å². The zero-order chi connectivity index (χ0) is 14.5. The lowest BCUT2D eigenvalue weighted by molar-refractivity contribution is -0.387. The summed E-state index contributed by atoms with van der Waals surface area (Å²) in [7, 11) is 0. The van der Waals surface area contributed by atoms with Crippen LogP contribution < -0.4 is 0 Å². The molecule has 0 aliphatic rings. The van der Waals surface area contributed by atoms with Crippen LogP contribution in [0, 0.1) is 15.9 Å². The molecule has 20 heavy (non-hydrogen) atoms. The maximum atomic E-state index is 13.9. The van der Waals surface area contributed by atoms with E-state index in [1.807, 2.05) is 30.3 Å². The molecule has 0 bridgehead atoms. The average Bonchev–Trinajstić information content (AvgIpc) is 2.46. The number of nitro groups is 1. The Balaban J connectivity index is 2.08. The summed E-state index contributed by atoms with van der Waals surface area (Å²) in [5.41, 5.74) is 0.786. The first-order valence-electron chi connectivity index (χ1n) is 6.20. The summed E-state index contributed by atoms with van der Waals surface area (Å²) in [6.07, 6.45) is 0.875. The molecule has 0 amide bonds. The zero-order valence-corrected chi connectivity index (χ0v) is 11.4. The van der Waals surface area contributed by atoms with Gasteiger partial charge in [-0.15, -0.1) is 11.6 Å². The summed E-state index contributed by atoms with van der Waals surface area (Å²) in [5.74, 6) is -0.769. The Morgan fingerprint density at radius 3 is 2.50 bits per heavy atom. The van der Waals surface area contributed by atoms with Gasteiger partial charge < -0.3 is 0 Å². The van der Waals surface area contributed by atoms with Crippen molar-refractivity contribution in [1.29, 1.82) is 0 Å². The van der Waals surface area contributed by atoms with Crippen molar-refractivity contribution in [3.8, 4) is 0 Å². The van der Waals surface area contributed by atoms with E-state index in [4.69, 9.17) is 11.6 Å². The molecule has 0 fully saturated rings. The van der Waals surface area contributed by atoms with E-state index in [-0.39, 0.29) is 5.38 Å². The lowest BCUT2D eigenvalue weighted by atomic mass is 10.0. The highest BCUT2D eigenvalue weighted by Crippen LogP contribution is 2.28. The summed E-state index contributed by atoms with van der Waals surface area (Å²) in [6.45, 7) is 0. The summed E-state index contributed by atoms with van der Waals surface area (Å²) >= 11 is 6.25. The van der Waals surface area contributed by atoms with Gasteiger partial charge in [-0.25, -0.2) is 0 Å². The van der Waals surface area contributed by atoms with Crippen molar-refractivity contribution in [2.24, 2.45) is 0 Å². The van der Waals surface area contributed by atoms with Crippen LogP contribution in [0.1, 0.15) is 22.9 Å². The molecule has 2 aromatic rings. The van der Waals surface area contributed by atoms with E-state index in [1.54, 1.807) is 6.07 Å². The van der Waals surface area contributed by atoms with Gasteiger partial charge in [0, 0.05) is 6.07 Å². The highest BCUT2D eigenvalue weighted by atomic mass is 35.5. The van der Waals surface area contributed by atoms with Crippen LogP contribution in [0.25, 0.3) is 0 Å². The minimum Gasteiger partial charge on any atom is -0.258 e. The SMILES string of the molecule is O=[N+]([O-])c1cccc(CCC(Cl)c2ccccc2)c1F. The normalized spacial score (nSPS) is 12.1. The summed E-state index contributed by atoms with van der Waals surface area (Å²) in [6, 6.07) is 13.7. The molecular weight excluding hydrogens is 281 g/mol. The van der Waals surface area contributed by atoms with Crippen LogP contribution in [0.4, 0.5) is 10.1 Å². The topological polar surface area (TPSA) is 43.1 Å². The van der Waals surface area contributed by atoms with E-state index in [2.05, 4.69) is 0 Å². The minimum atomic E-state index is -0.769. The number of halogens is 2. The highest BCUT2D eigenvalue weighted by molar-refractivity contribution is 6.20. The van der Waals surface area contributed by atoms with Crippen molar-refractivity contribution in [2.45, 2.75) is 18.2 Å². The number of alkyl halides is 1. The molecule has 0 aliphatic carbocycles. The molecule has 1 atom stereocenters. The lowest BCUT2D eigenvalue weighted by Crippen LogP contribution is -1.99. The lowest BCUT2D eigenvalue weighted by Gasteiger charge is -2.10. The Morgan fingerprint density at radius 1 is 1.15 bits per heavy atom. The third-order valence-electron chi connectivity index (χ3n) is 3.08. The van der Waals surface area contributed by atoms with Gasteiger partial charge in [0.1, 0.15) is 0 Å². The van der Waals surface area contributed by atoms with Crippen LogP contribution in [0.15, 0.2) is 48.5 Å². The fourth-order valence-corrected chi connectivity index (χ4v) is 2.27. The molecule has 3 nitrogen and oxygen atoms in total. The fourth-order valence-electron chi connectivity index (χ4n) is 2.01. The number of nitrogens with zero attached hydrogens (tertiary/aromatic N) is 1. The molecule has 0 saturated heterocycles. The van der Waals surface area contributed by atoms with E-state index in [0.717, 1.165) is 11.6 Å². The third-order valence-corrected chi connectivity index (χ3v) is 3.55. The molecule has 2 rings (SSSR count). The van der Waals surface area contributed by atoms with Crippen LogP contribution in [0.5, 0.6) is 0 Å². The van der Waals surface area contributed by atoms with Crippen LogP contribution in [0.3, 0.4) is 0 Å². The predicted molar refractivity (Wildman–Crippen MR) is 76.4 cm³/mol. The number of nitro benzene ring substituents is 1. The summed E-state index contributed by atoms with van der Waals surface area (Å²) in [5, 5.41) is 10.4. The second kappa shape index (κ2) is 6.48. The van der Waals surface area contributed by atoms with E-state index < -0.39 is 16.4 Å². The van der Waals surface area contributed by atoms with E-state index >= 15 is 0 Å². The first kappa shape index (κ1) is 14.5. The molecule has 5 heteroatoms.